The average Bonchev–Trinajstić information content (AvgIpc) is 2.61. The zero-order chi connectivity index (χ0) is 17.0. The zero-order valence-electron chi connectivity index (χ0n) is 13.0. The topological polar surface area (TPSA) is 38.2 Å². The van der Waals surface area contributed by atoms with Crippen molar-refractivity contribution in [1.82, 2.24) is 9.97 Å². The molecule has 0 amide bonds. The third-order valence-electron chi connectivity index (χ3n) is 4.12. The third-order valence-corrected chi connectivity index (χ3v) is 4.12. The Kier molecular flexibility index (Phi) is 4.87. The van der Waals surface area contributed by atoms with Crippen LogP contribution in [0.2, 0.25) is 0 Å². The van der Waals surface area contributed by atoms with Gasteiger partial charge in [0.25, 0.3) is 0 Å². The Balaban J connectivity index is 1.53. The fourth-order valence-corrected chi connectivity index (χ4v) is 2.76. The van der Waals surface area contributed by atoms with Gasteiger partial charge in [-0.05, 0) is 37.0 Å². The zero-order valence-corrected chi connectivity index (χ0v) is 13.0. The van der Waals surface area contributed by atoms with Crippen molar-refractivity contribution in [2.75, 3.05) is 24.6 Å². The van der Waals surface area contributed by atoms with Gasteiger partial charge in [0.2, 0.25) is 5.88 Å². The molecular weight excluding hydrogens is 319 g/mol. The van der Waals surface area contributed by atoms with Crippen LogP contribution in [-0.4, -0.2) is 29.7 Å². The molecule has 3 rings (SSSR count). The second kappa shape index (κ2) is 7.07. The van der Waals surface area contributed by atoms with Crippen molar-refractivity contribution >= 4 is 5.69 Å². The lowest BCUT2D eigenvalue weighted by molar-refractivity contribution is -0.141. The number of nitrogens with zero attached hydrogens (tertiary/aromatic N) is 3. The molecule has 0 aromatic carbocycles. The molecule has 1 aliphatic heterocycles. The number of ether oxygens (including phenoxy) is 1. The van der Waals surface area contributed by atoms with Crippen LogP contribution in [0.5, 0.6) is 5.88 Å². The molecule has 2 aromatic heterocycles. The van der Waals surface area contributed by atoms with Crippen molar-refractivity contribution in [2.45, 2.75) is 19.0 Å². The van der Waals surface area contributed by atoms with Gasteiger partial charge in [0.1, 0.15) is 5.69 Å². The molecule has 0 aliphatic carbocycles. The second-order valence-electron chi connectivity index (χ2n) is 5.81. The maximum absolute atomic E-state index is 12.8. The van der Waals surface area contributed by atoms with Crippen molar-refractivity contribution in [3.8, 4) is 5.88 Å². The van der Waals surface area contributed by atoms with Crippen LogP contribution in [0.3, 0.4) is 0 Å². The lowest BCUT2D eigenvalue weighted by atomic mass is 9.97. The summed E-state index contributed by atoms with van der Waals surface area (Å²) in [6.07, 6.45) is 0.228. The fourth-order valence-electron chi connectivity index (χ4n) is 2.76. The van der Waals surface area contributed by atoms with E-state index in [-0.39, 0.29) is 0 Å². The van der Waals surface area contributed by atoms with Gasteiger partial charge in [-0.2, -0.15) is 13.2 Å². The summed E-state index contributed by atoms with van der Waals surface area (Å²) in [5.41, 5.74) is -0.276. The Morgan fingerprint density at radius 2 is 1.88 bits per heavy atom. The van der Waals surface area contributed by atoms with E-state index in [4.69, 9.17) is 4.74 Å². The van der Waals surface area contributed by atoms with E-state index in [0.717, 1.165) is 18.9 Å². The lowest BCUT2D eigenvalue weighted by Gasteiger charge is -2.33. The van der Waals surface area contributed by atoms with Crippen molar-refractivity contribution in [3.63, 3.8) is 0 Å². The summed E-state index contributed by atoms with van der Waals surface area (Å²) in [4.78, 5) is 9.48. The molecule has 0 atom stereocenters. The van der Waals surface area contributed by atoms with Gasteiger partial charge >= 0.3 is 6.18 Å². The van der Waals surface area contributed by atoms with Gasteiger partial charge < -0.3 is 9.64 Å². The van der Waals surface area contributed by atoms with Gasteiger partial charge in [0.15, 0.2) is 0 Å². The Morgan fingerprint density at radius 3 is 2.54 bits per heavy atom. The summed E-state index contributed by atoms with van der Waals surface area (Å²) in [5, 5.41) is 0. The van der Waals surface area contributed by atoms with E-state index in [1.165, 1.54) is 6.20 Å². The van der Waals surface area contributed by atoms with Crippen LogP contribution in [0.1, 0.15) is 18.5 Å². The smallest absolute Gasteiger partial charge is 0.433 e. The molecule has 1 fully saturated rings. The van der Waals surface area contributed by atoms with Gasteiger partial charge in [-0.15, -0.1) is 0 Å². The highest BCUT2D eigenvalue weighted by atomic mass is 19.4. The first-order valence-electron chi connectivity index (χ1n) is 7.84. The van der Waals surface area contributed by atoms with Crippen LogP contribution in [0.15, 0.2) is 42.7 Å². The van der Waals surface area contributed by atoms with Gasteiger partial charge in [-0.25, -0.2) is 4.98 Å². The number of anilines is 1. The number of piperidine rings is 1. The normalized spacial score (nSPS) is 16.2. The Labute approximate surface area is 138 Å². The SMILES string of the molecule is FC(F)(F)c1cc(N2CCC(COc3ccccn3)CC2)ccn1. The largest absolute Gasteiger partial charge is 0.477 e. The van der Waals surface area contributed by atoms with Crippen molar-refractivity contribution in [3.05, 3.63) is 48.4 Å². The van der Waals surface area contributed by atoms with E-state index in [1.807, 2.05) is 23.1 Å². The van der Waals surface area contributed by atoms with Crippen molar-refractivity contribution < 1.29 is 17.9 Å². The molecule has 0 saturated carbocycles. The van der Waals surface area contributed by atoms with E-state index in [0.29, 0.717) is 37.2 Å². The van der Waals surface area contributed by atoms with Gasteiger partial charge in [-0.3, -0.25) is 4.98 Å². The molecule has 0 radical (unpaired) electrons. The van der Waals surface area contributed by atoms with Gasteiger partial charge in [-0.1, -0.05) is 6.07 Å². The molecule has 1 aliphatic rings. The van der Waals surface area contributed by atoms with Crippen LogP contribution >= 0.6 is 0 Å². The number of rotatable bonds is 4. The van der Waals surface area contributed by atoms with E-state index in [9.17, 15) is 13.2 Å². The highest BCUT2D eigenvalue weighted by Gasteiger charge is 2.33. The molecule has 0 bridgehead atoms. The Bertz CT molecular complexity index is 656. The highest BCUT2D eigenvalue weighted by Crippen LogP contribution is 2.31. The molecular formula is C17H18F3N3O. The molecule has 1 saturated heterocycles. The van der Waals surface area contributed by atoms with Crippen LogP contribution in [0.4, 0.5) is 18.9 Å². The summed E-state index contributed by atoms with van der Waals surface area (Å²) in [7, 11) is 0. The number of aromatic nitrogens is 2. The molecule has 0 spiro atoms. The summed E-state index contributed by atoms with van der Waals surface area (Å²) in [6, 6.07) is 8.25. The lowest BCUT2D eigenvalue weighted by Crippen LogP contribution is -2.35. The average molecular weight is 337 g/mol. The van der Waals surface area contributed by atoms with Crippen LogP contribution in [0.25, 0.3) is 0 Å². The summed E-state index contributed by atoms with van der Waals surface area (Å²) in [5.74, 6) is 0.982. The standard InChI is InChI=1S/C17H18F3N3O/c18-17(19,20)15-11-14(4-8-21-15)23-9-5-13(6-10-23)12-24-16-3-1-2-7-22-16/h1-4,7-8,11,13H,5-6,9-10,12H2. The number of hydrogen-bond donors (Lipinski definition) is 0. The molecule has 2 aromatic rings. The molecule has 0 N–H and O–H groups in total. The van der Waals surface area contributed by atoms with E-state index < -0.39 is 11.9 Å². The summed E-state index contributed by atoms with van der Waals surface area (Å²) in [6.45, 7) is 1.99. The fraction of sp³-hybridized carbons (Fsp3) is 0.412. The maximum Gasteiger partial charge on any atom is 0.433 e. The molecule has 0 unspecified atom stereocenters. The predicted molar refractivity (Wildman–Crippen MR) is 83.9 cm³/mol. The van der Waals surface area contributed by atoms with Crippen molar-refractivity contribution in [1.29, 1.82) is 0 Å². The monoisotopic (exact) mass is 337 g/mol. The molecule has 3 heterocycles. The van der Waals surface area contributed by atoms with Crippen molar-refractivity contribution in [2.24, 2.45) is 5.92 Å². The minimum absolute atomic E-state index is 0.382. The summed E-state index contributed by atoms with van der Waals surface area (Å²) >= 11 is 0. The number of alkyl halides is 3. The first kappa shape index (κ1) is 16.5. The maximum atomic E-state index is 12.8. The summed E-state index contributed by atoms with van der Waals surface area (Å²) < 4.78 is 43.9. The van der Waals surface area contributed by atoms with E-state index >= 15 is 0 Å². The van der Waals surface area contributed by atoms with Crippen LogP contribution in [-0.2, 0) is 6.18 Å². The first-order valence-corrected chi connectivity index (χ1v) is 7.84. The number of halogens is 3. The highest BCUT2D eigenvalue weighted by molar-refractivity contribution is 5.47. The first-order chi connectivity index (χ1) is 11.5. The molecule has 24 heavy (non-hydrogen) atoms. The van der Waals surface area contributed by atoms with Gasteiger partial charge in [0.05, 0.1) is 6.61 Å². The quantitative estimate of drug-likeness (QED) is 0.851. The number of pyridine rings is 2. The molecule has 4 nitrogen and oxygen atoms in total. The Hall–Kier alpha value is -2.31. The minimum atomic E-state index is -4.41. The Morgan fingerprint density at radius 1 is 1.08 bits per heavy atom. The molecule has 128 valence electrons. The van der Waals surface area contributed by atoms with Crippen LogP contribution in [0, 0.1) is 5.92 Å². The van der Waals surface area contributed by atoms with E-state index in [2.05, 4.69) is 9.97 Å². The minimum Gasteiger partial charge on any atom is -0.477 e. The second-order valence-corrected chi connectivity index (χ2v) is 5.81. The third kappa shape index (κ3) is 4.15. The number of hydrogen-bond acceptors (Lipinski definition) is 4. The molecule has 7 heteroatoms. The van der Waals surface area contributed by atoms with Crippen LogP contribution < -0.4 is 9.64 Å². The van der Waals surface area contributed by atoms with Gasteiger partial charge in [0, 0.05) is 37.2 Å². The predicted octanol–water partition coefficient (Wildman–Crippen LogP) is 3.79. The van der Waals surface area contributed by atoms with E-state index in [1.54, 1.807) is 12.3 Å².